The molecule has 0 bridgehead atoms. The standard InChI is InChI=1S/C30H35N3O2/c34-24-16-17-25-23(20-24)15-19-26-29(25)31-27(18-14-22-10-5-2-6-11-22)30(32-26)33-28(35)13-7-12-21-8-3-1-4-9-21/h1,3-4,8-9,16-17,20,22,34H,2,5-7,10-15,18-19H2,(H,32,33,35). The van der Waals surface area contributed by atoms with Gasteiger partial charge in [-0.25, -0.2) is 9.97 Å². The highest BCUT2D eigenvalue weighted by Crippen LogP contribution is 2.35. The molecule has 5 heteroatoms. The maximum atomic E-state index is 12.9. The predicted octanol–water partition coefficient (Wildman–Crippen LogP) is 6.42. The van der Waals surface area contributed by atoms with Gasteiger partial charge in [0.25, 0.3) is 0 Å². The SMILES string of the molecule is O=C(CCCc1ccccc1)Nc1nc2c(nc1CCC1CCCCC1)-c1ccc(O)cc1CC2. The van der Waals surface area contributed by atoms with Crippen LogP contribution in [-0.4, -0.2) is 21.0 Å². The molecular formula is C30H35N3O2. The molecule has 0 atom stereocenters. The van der Waals surface area contributed by atoms with E-state index in [2.05, 4.69) is 17.4 Å². The number of nitrogens with one attached hydrogen (secondary N) is 1. The summed E-state index contributed by atoms with van der Waals surface area (Å²) in [6.45, 7) is 0. The minimum Gasteiger partial charge on any atom is -0.508 e. The summed E-state index contributed by atoms with van der Waals surface area (Å²) >= 11 is 0. The Morgan fingerprint density at radius 1 is 0.971 bits per heavy atom. The van der Waals surface area contributed by atoms with Gasteiger partial charge in [-0.1, -0.05) is 62.4 Å². The third kappa shape index (κ3) is 5.90. The van der Waals surface area contributed by atoms with Gasteiger partial charge in [0.2, 0.25) is 5.91 Å². The molecule has 0 radical (unpaired) electrons. The Hall–Kier alpha value is -3.21. The number of aromatic nitrogens is 2. The average Bonchev–Trinajstić information content (AvgIpc) is 2.88. The first kappa shape index (κ1) is 23.5. The molecule has 0 saturated heterocycles. The second-order valence-electron chi connectivity index (χ2n) is 10.1. The molecular weight excluding hydrogens is 434 g/mol. The number of benzene rings is 2. The number of hydrogen-bond donors (Lipinski definition) is 2. The van der Waals surface area contributed by atoms with Crippen LogP contribution in [0.1, 0.15) is 73.9 Å². The third-order valence-corrected chi connectivity index (χ3v) is 7.50. The Kier molecular flexibility index (Phi) is 7.41. The van der Waals surface area contributed by atoms with Crippen LogP contribution in [0.2, 0.25) is 0 Å². The van der Waals surface area contributed by atoms with Crippen molar-refractivity contribution in [2.45, 2.75) is 77.0 Å². The number of fused-ring (bicyclic) bond motifs is 3. The molecule has 2 aliphatic rings. The summed E-state index contributed by atoms with van der Waals surface area (Å²) in [5.41, 5.74) is 6.16. The second kappa shape index (κ2) is 11.0. The number of carbonyl (C=O) groups is 1. The fraction of sp³-hybridized carbons (Fsp3) is 0.433. The summed E-state index contributed by atoms with van der Waals surface area (Å²) in [6, 6.07) is 15.8. The average molecular weight is 470 g/mol. The first-order chi connectivity index (χ1) is 17.2. The van der Waals surface area contributed by atoms with Gasteiger partial charge < -0.3 is 10.4 Å². The number of anilines is 1. The number of nitrogens with zero attached hydrogens (tertiary/aromatic N) is 2. The number of rotatable bonds is 8. The summed E-state index contributed by atoms with van der Waals surface area (Å²) in [7, 11) is 0. The Labute approximate surface area is 208 Å². The molecule has 1 fully saturated rings. The predicted molar refractivity (Wildman–Crippen MR) is 139 cm³/mol. The largest absolute Gasteiger partial charge is 0.508 e. The number of hydrogen-bond acceptors (Lipinski definition) is 4. The first-order valence-corrected chi connectivity index (χ1v) is 13.2. The lowest BCUT2D eigenvalue weighted by molar-refractivity contribution is -0.116. The van der Waals surface area contributed by atoms with Crippen molar-refractivity contribution >= 4 is 11.7 Å². The van der Waals surface area contributed by atoms with Crippen LogP contribution in [0.3, 0.4) is 0 Å². The minimum absolute atomic E-state index is 0.00947. The number of carbonyl (C=O) groups excluding carboxylic acids is 1. The van der Waals surface area contributed by atoms with Crippen LogP contribution in [0.4, 0.5) is 5.82 Å². The second-order valence-corrected chi connectivity index (χ2v) is 10.1. The van der Waals surface area contributed by atoms with Crippen molar-refractivity contribution in [1.29, 1.82) is 0 Å². The van der Waals surface area contributed by atoms with Crippen molar-refractivity contribution in [3.05, 3.63) is 71.0 Å². The molecule has 2 aromatic carbocycles. The van der Waals surface area contributed by atoms with Gasteiger partial charge in [-0.3, -0.25) is 4.79 Å². The summed E-state index contributed by atoms with van der Waals surface area (Å²) < 4.78 is 0. The summed E-state index contributed by atoms with van der Waals surface area (Å²) in [5, 5.41) is 13.0. The molecule has 1 heterocycles. The monoisotopic (exact) mass is 469 g/mol. The number of aryl methyl sites for hydroxylation is 4. The summed E-state index contributed by atoms with van der Waals surface area (Å²) in [5.74, 6) is 1.68. The highest BCUT2D eigenvalue weighted by molar-refractivity contribution is 5.90. The highest BCUT2D eigenvalue weighted by atomic mass is 16.3. The van der Waals surface area contributed by atoms with Crippen LogP contribution in [0.15, 0.2) is 48.5 Å². The van der Waals surface area contributed by atoms with Gasteiger partial charge in [0.05, 0.1) is 17.1 Å². The van der Waals surface area contributed by atoms with E-state index in [9.17, 15) is 9.90 Å². The topological polar surface area (TPSA) is 75.1 Å². The van der Waals surface area contributed by atoms with Gasteiger partial charge in [0.15, 0.2) is 5.82 Å². The maximum absolute atomic E-state index is 12.9. The van der Waals surface area contributed by atoms with Gasteiger partial charge in [-0.2, -0.15) is 0 Å². The molecule has 0 unspecified atom stereocenters. The fourth-order valence-corrected chi connectivity index (χ4v) is 5.55. The van der Waals surface area contributed by atoms with Gasteiger partial charge >= 0.3 is 0 Å². The molecule has 1 aromatic heterocycles. The van der Waals surface area contributed by atoms with E-state index < -0.39 is 0 Å². The van der Waals surface area contributed by atoms with Gasteiger partial charge in [-0.05, 0) is 73.8 Å². The number of phenols is 1. The van der Waals surface area contributed by atoms with E-state index in [1.165, 1.54) is 37.7 Å². The summed E-state index contributed by atoms with van der Waals surface area (Å²) in [6.07, 6.45) is 12.3. The number of phenolic OH excluding ortho intramolecular Hbond substituents is 1. The van der Waals surface area contributed by atoms with Gasteiger partial charge in [-0.15, -0.1) is 0 Å². The van der Waals surface area contributed by atoms with Crippen molar-refractivity contribution < 1.29 is 9.90 Å². The quantitative estimate of drug-likeness (QED) is 0.399. The smallest absolute Gasteiger partial charge is 0.225 e. The van der Waals surface area contributed by atoms with Crippen LogP contribution < -0.4 is 5.32 Å². The number of amides is 1. The van der Waals surface area contributed by atoms with E-state index in [4.69, 9.17) is 9.97 Å². The minimum atomic E-state index is 0.00947. The van der Waals surface area contributed by atoms with Crippen LogP contribution in [0.5, 0.6) is 5.75 Å². The molecule has 2 aliphatic carbocycles. The fourth-order valence-electron chi connectivity index (χ4n) is 5.55. The molecule has 1 saturated carbocycles. The lowest BCUT2D eigenvalue weighted by Crippen LogP contribution is -2.19. The zero-order valence-corrected chi connectivity index (χ0v) is 20.4. The molecule has 0 spiro atoms. The molecule has 1 amide bonds. The van der Waals surface area contributed by atoms with Crippen LogP contribution in [-0.2, 0) is 30.5 Å². The molecule has 35 heavy (non-hydrogen) atoms. The molecule has 3 aromatic rings. The lowest BCUT2D eigenvalue weighted by Gasteiger charge is -2.23. The first-order valence-electron chi connectivity index (χ1n) is 13.2. The van der Waals surface area contributed by atoms with E-state index in [1.807, 2.05) is 30.3 Å². The van der Waals surface area contributed by atoms with E-state index in [-0.39, 0.29) is 11.7 Å². The van der Waals surface area contributed by atoms with Gasteiger partial charge in [0, 0.05) is 12.0 Å². The molecule has 182 valence electrons. The normalized spacial score (nSPS) is 15.3. The Morgan fingerprint density at radius 2 is 1.80 bits per heavy atom. The summed E-state index contributed by atoms with van der Waals surface area (Å²) in [4.78, 5) is 22.9. The third-order valence-electron chi connectivity index (χ3n) is 7.50. The Morgan fingerprint density at radius 3 is 2.63 bits per heavy atom. The van der Waals surface area contributed by atoms with Crippen LogP contribution >= 0.6 is 0 Å². The Balaban J connectivity index is 1.34. The van der Waals surface area contributed by atoms with E-state index in [0.29, 0.717) is 12.2 Å². The zero-order valence-electron chi connectivity index (χ0n) is 20.4. The van der Waals surface area contributed by atoms with Gasteiger partial charge in [0.1, 0.15) is 5.75 Å². The molecule has 0 aliphatic heterocycles. The van der Waals surface area contributed by atoms with E-state index in [0.717, 1.165) is 72.7 Å². The zero-order chi connectivity index (χ0) is 24.0. The highest BCUT2D eigenvalue weighted by Gasteiger charge is 2.23. The lowest BCUT2D eigenvalue weighted by atomic mass is 9.85. The Bertz CT molecular complexity index is 1170. The molecule has 5 nitrogen and oxygen atoms in total. The van der Waals surface area contributed by atoms with Crippen molar-refractivity contribution in [1.82, 2.24) is 9.97 Å². The van der Waals surface area contributed by atoms with Crippen molar-refractivity contribution in [3.8, 4) is 17.0 Å². The molecule has 2 N–H and O–H groups in total. The van der Waals surface area contributed by atoms with Crippen molar-refractivity contribution in [2.75, 3.05) is 5.32 Å². The number of aromatic hydroxyl groups is 1. The van der Waals surface area contributed by atoms with Crippen molar-refractivity contribution in [3.63, 3.8) is 0 Å². The molecule has 5 rings (SSSR count). The van der Waals surface area contributed by atoms with E-state index >= 15 is 0 Å². The maximum Gasteiger partial charge on any atom is 0.225 e. The van der Waals surface area contributed by atoms with E-state index in [1.54, 1.807) is 6.07 Å². The van der Waals surface area contributed by atoms with Crippen LogP contribution in [0, 0.1) is 5.92 Å². The van der Waals surface area contributed by atoms with Crippen LogP contribution in [0.25, 0.3) is 11.3 Å². The van der Waals surface area contributed by atoms with Crippen molar-refractivity contribution in [2.24, 2.45) is 5.92 Å².